The first kappa shape index (κ1) is 12.7. The molecule has 0 aromatic heterocycles. The Balaban J connectivity index is 1.91. The molecule has 2 aliphatic rings. The van der Waals surface area contributed by atoms with Crippen LogP contribution in [0.1, 0.15) is 42.7 Å². The van der Waals surface area contributed by atoms with Crippen LogP contribution in [0.4, 0.5) is 0 Å². The molecule has 1 aliphatic heterocycles. The molecule has 19 heavy (non-hydrogen) atoms. The van der Waals surface area contributed by atoms with Gasteiger partial charge >= 0.3 is 5.97 Å². The van der Waals surface area contributed by atoms with Crippen molar-refractivity contribution in [3.63, 3.8) is 0 Å². The summed E-state index contributed by atoms with van der Waals surface area (Å²) in [6, 6.07) is 8.59. The Bertz CT molecular complexity index is 473. The zero-order valence-corrected chi connectivity index (χ0v) is 11.4. The van der Waals surface area contributed by atoms with E-state index in [0.29, 0.717) is 5.92 Å². The van der Waals surface area contributed by atoms with Gasteiger partial charge in [0.2, 0.25) is 0 Å². The molecule has 1 aromatic carbocycles. The molecule has 3 rings (SSSR count). The van der Waals surface area contributed by atoms with Crippen molar-refractivity contribution in [3.05, 3.63) is 35.4 Å². The Labute approximate surface area is 114 Å². The molecule has 0 radical (unpaired) electrons. The molecule has 1 N–H and O–H groups in total. The number of carbonyl (C=O) groups is 1. The highest BCUT2D eigenvalue weighted by Gasteiger charge is 2.46. The molecule has 2 fully saturated rings. The largest absolute Gasteiger partial charge is 0.468 e. The highest BCUT2D eigenvalue weighted by molar-refractivity contribution is 5.84. The Morgan fingerprint density at radius 2 is 2.26 bits per heavy atom. The average molecular weight is 259 g/mol. The highest BCUT2D eigenvalue weighted by Crippen LogP contribution is 2.45. The number of benzene rings is 1. The van der Waals surface area contributed by atoms with Gasteiger partial charge in [-0.05, 0) is 42.9 Å². The van der Waals surface area contributed by atoms with Gasteiger partial charge in [-0.3, -0.25) is 4.79 Å². The summed E-state index contributed by atoms with van der Waals surface area (Å²) in [5.41, 5.74) is 2.14. The van der Waals surface area contributed by atoms with Gasteiger partial charge in [-0.25, -0.2) is 0 Å². The molecule has 1 aliphatic carbocycles. The van der Waals surface area contributed by atoms with Crippen LogP contribution in [-0.4, -0.2) is 26.2 Å². The molecular formula is C16H21NO2. The van der Waals surface area contributed by atoms with Crippen LogP contribution in [0.3, 0.4) is 0 Å². The summed E-state index contributed by atoms with van der Waals surface area (Å²) in [6.07, 6.45) is 4.15. The van der Waals surface area contributed by atoms with E-state index in [0.717, 1.165) is 37.9 Å². The fraction of sp³-hybridized carbons (Fsp3) is 0.562. The number of rotatable bonds is 3. The van der Waals surface area contributed by atoms with Crippen LogP contribution in [0.25, 0.3) is 0 Å². The van der Waals surface area contributed by atoms with Crippen molar-refractivity contribution in [1.29, 1.82) is 0 Å². The van der Waals surface area contributed by atoms with Gasteiger partial charge in [-0.15, -0.1) is 0 Å². The minimum atomic E-state index is -0.364. The van der Waals surface area contributed by atoms with Gasteiger partial charge in [-0.1, -0.05) is 30.7 Å². The lowest BCUT2D eigenvalue weighted by Crippen LogP contribution is -2.43. The smallest absolute Gasteiger partial charge is 0.316 e. The third-order valence-corrected chi connectivity index (χ3v) is 4.75. The Kier molecular flexibility index (Phi) is 3.31. The molecule has 102 valence electrons. The summed E-state index contributed by atoms with van der Waals surface area (Å²) in [6.45, 7) is 2.14. The summed E-state index contributed by atoms with van der Waals surface area (Å²) < 4.78 is 5.03. The fourth-order valence-electron chi connectivity index (χ4n) is 3.37. The fourth-order valence-corrected chi connectivity index (χ4v) is 3.37. The number of carbonyl (C=O) groups excluding carboxylic acids is 1. The number of methoxy groups -OCH3 is 1. The maximum atomic E-state index is 12.1. The molecule has 0 spiro atoms. The Hall–Kier alpha value is -1.35. The van der Waals surface area contributed by atoms with Crippen molar-refractivity contribution < 1.29 is 9.53 Å². The van der Waals surface area contributed by atoms with Crippen molar-refractivity contribution in [2.75, 3.05) is 20.2 Å². The van der Waals surface area contributed by atoms with Gasteiger partial charge in [-0.2, -0.15) is 0 Å². The zero-order valence-electron chi connectivity index (χ0n) is 11.4. The summed E-state index contributed by atoms with van der Waals surface area (Å²) >= 11 is 0. The second-order valence-corrected chi connectivity index (χ2v) is 5.74. The van der Waals surface area contributed by atoms with Crippen LogP contribution in [0.2, 0.25) is 0 Å². The van der Waals surface area contributed by atoms with Gasteiger partial charge in [0.05, 0.1) is 12.5 Å². The Morgan fingerprint density at radius 1 is 1.42 bits per heavy atom. The molecule has 0 amide bonds. The van der Waals surface area contributed by atoms with E-state index in [4.69, 9.17) is 4.74 Å². The van der Waals surface area contributed by atoms with Gasteiger partial charge in [0.25, 0.3) is 0 Å². The van der Waals surface area contributed by atoms with Crippen LogP contribution < -0.4 is 5.32 Å². The monoisotopic (exact) mass is 259 g/mol. The first-order valence-corrected chi connectivity index (χ1v) is 7.16. The number of ether oxygens (including phenoxy) is 1. The van der Waals surface area contributed by atoms with Crippen LogP contribution in [0.15, 0.2) is 24.3 Å². The zero-order chi connectivity index (χ0) is 13.3. The van der Waals surface area contributed by atoms with Crippen LogP contribution >= 0.6 is 0 Å². The Morgan fingerprint density at radius 3 is 2.84 bits per heavy atom. The number of esters is 1. The molecule has 1 unspecified atom stereocenters. The number of hydrogen-bond acceptors (Lipinski definition) is 3. The van der Waals surface area contributed by atoms with E-state index in [9.17, 15) is 4.79 Å². The van der Waals surface area contributed by atoms with Crippen molar-refractivity contribution >= 4 is 5.97 Å². The molecule has 3 heteroatoms. The molecular weight excluding hydrogens is 238 g/mol. The maximum absolute atomic E-state index is 12.1. The normalized spacial score (nSPS) is 24.8. The summed E-state index contributed by atoms with van der Waals surface area (Å²) in [5.74, 6) is 0.523. The summed E-state index contributed by atoms with van der Waals surface area (Å²) in [4.78, 5) is 12.1. The average Bonchev–Trinajstić information content (AvgIpc) is 2.91. The van der Waals surface area contributed by atoms with Crippen molar-refractivity contribution in [3.8, 4) is 0 Å². The lowest BCUT2D eigenvalue weighted by atomic mass is 9.64. The van der Waals surface area contributed by atoms with E-state index < -0.39 is 0 Å². The van der Waals surface area contributed by atoms with Gasteiger partial charge in [0.1, 0.15) is 0 Å². The second kappa shape index (κ2) is 4.97. The first-order valence-electron chi connectivity index (χ1n) is 7.16. The minimum absolute atomic E-state index is 0.0690. The number of hydrogen-bond donors (Lipinski definition) is 1. The van der Waals surface area contributed by atoms with Crippen molar-refractivity contribution in [2.24, 2.45) is 0 Å². The quantitative estimate of drug-likeness (QED) is 0.847. The number of nitrogens with one attached hydrogen (secondary N) is 1. The standard InChI is InChI=1S/C16H21NO2/c1-19-15(18)16(7-3-8-16)14-5-2-4-12(10-14)13-6-9-17-11-13/h2,4-5,10,13,17H,3,6-9,11H2,1H3. The van der Waals surface area contributed by atoms with Crippen LogP contribution in [0.5, 0.6) is 0 Å². The minimum Gasteiger partial charge on any atom is -0.468 e. The van der Waals surface area contributed by atoms with Gasteiger partial charge in [0, 0.05) is 6.54 Å². The van der Waals surface area contributed by atoms with E-state index in [2.05, 4.69) is 29.6 Å². The molecule has 0 bridgehead atoms. The molecule has 1 atom stereocenters. The summed E-state index contributed by atoms with van der Waals surface area (Å²) in [7, 11) is 1.49. The topological polar surface area (TPSA) is 38.3 Å². The van der Waals surface area contributed by atoms with E-state index in [1.807, 2.05) is 0 Å². The van der Waals surface area contributed by atoms with Gasteiger partial charge in [0.15, 0.2) is 0 Å². The highest BCUT2D eigenvalue weighted by atomic mass is 16.5. The van der Waals surface area contributed by atoms with E-state index in [-0.39, 0.29) is 11.4 Å². The van der Waals surface area contributed by atoms with E-state index in [1.54, 1.807) is 0 Å². The molecule has 1 heterocycles. The SMILES string of the molecule is COC(=O)C1(c2cccc(C3CCNC3)c2)CCC1. The van der Waals surface area contributed by atoms with E-state index in [1.165, 1.54) is 19.1 Å². The third-order valence-electron chi connectivity index (χ3n) is 4.75. The van der Waals surface area contributed by atoms with E-state index >= 15 is 0 Å². The lowest BCUT2D eigenvalue weighted by molar-refractivity contribution is -0.151. The predicted octanol–water partition coefficient (Wildman–Crippen LogP) is 2.36. The van der Waals surface area contributed by atoms with Crippen molar-refractivity contribution in [2.45, 2.75) is 37.0 Å². The van der Waals surface area contributed by atoms with Crippen LogP contribution in [-0.2, 0) is 14.9 Å². The third kappa shape index (κ3) is 2.06. The van der Waals surface area contributed by atoms with Crippen molar-refractivity contribution in [1.82, 2.24) is 5.32 Å². The van der Waals surface area contributed by atoms with Crippen LogP contribution in [0, 0.1) is 0 Å². The maximum Gasteiger partial charge on any atom is 0.316 e. The molecule has 1 saturated carbocycles. The predicted molar refractivity (Wildman–Crippen MR) is 74.2 cm³/mol. The molecule has 1 aromatic rings. The molecule has 3 nitrogen and oxygen atoms in total. The molecule has 1 saturated heterocycles. The second-order valence-electron chi connectivity index (χ2n) is 5.74. The lowest BCUT2D eigenvalue weighted by Gasteiger charge is -2.39. The van der Waals surface area contributed by atoms with Gasteiger partial charge < -0.3 is 10.1 Å². The first-order chi connectivity index (χ1) is 9.26. The summed E-state index contributed by atoms with van der Waals surface area (Å²) in [5, 5.41) is 3.40.